The van der Waals surface area contributed by atoms with Crippen LogP contribution in [-0.4, -0.2) is 31.5 Å². The SMILES string of the molecule is C/N=C(C(=N)Nc1cc(C)cc(C)c1)\C(N)=N/C. The Hall–Kier alpha value is -2.17. The quantitative estimate of drug-likeness (QED) is 0.559. The number of amidine groups is 2. The summed E-state index contributed by atoms with van der Waals surface area (Å²) in [7, 11) is 3.16. The van der Waals surface area contributed by atoms with Crippen LogP contribution in [0.3, 0.4) is 0 Å². The number of aryl methyl sites for hydroxylation is 2. The van der Waals surface area contributed by atoms with Gasteiger partial charge < -0.3 is 11.1 Å². The summed E-state index contributed by atoms with van der Waals surface area (Å²) >= 11 is 0. The molecule has 0 aromatic heterocycles. The van der Waals surface area contributed by atoms with Gasteiger partial charge in [0, 0.05) is 19.8 Å². The molecule has 0 saturated heterocycles. The average Bonchev–Trinajstić information content (AvgIpc) is 2.28. The molecule has 5 heteroatoms. The van der Waals surface area contributed by atoms with E-state index in [2.05, 4.69) is 21.4 Å². The van der Waals surface area contributed by atoms with Crippen molar-refractivity contribution in [2.75, 3.05) is 19.4 Å². The van der Waals surface area contributed by atoms with Crippen molar-refractivity contribution in [1.82, 2.24) is 0 Å². The molecule has 0 amide bonds. The number of nitrogens with zero attached hydrogens (tertiary/aromatic N) is 2. The molecule has 1 rings (SSSR count). The second-order valence-corrected chi connectivity index (χ2v) is 4.06. The Balaban J connectivity index is 2.94. The molecule has 4 N–H and O–H groups in total. The molecule has 18 heavy (non-hydrogen) atoms. The van der Waals surface area contributed by atoms with Gasteiger partial charge in [-0.25, -0.2) is 0 Å². The molecule has 0 atom stereocenters. The van der Waals surface area contributed by atoms with Crippen LogP contribution in [0.4, 0.5) is 5.69 Å². The van der Waals surface area contributed by atoms with Gasteiger partial charge in [0.25, 0.3) is 0 Å². The average molecular weight is 245 g/mol. The fourth-order valence-corrected chi connectivity index (χ4v) is 1.71. The minimum Gasteiger partial charge on any atom is -0.382 e. The van der Waals surface area contributed by atoms with Crippen molar-refractivity contribution in [3.8, 4) is 0 Å². The van der Waals surface area contributed by atoms with E-state index < -0.39 is 0 Å². The zero-order valence-corrected chi connectivity index (χ0v) is 11.2. The molecule has 0 saturated carbocycles. The van der Waals surface area contributed by atoms with Crippen molar-refractivity contribution in [3.05, 3.63) is 29.3 Å². The monoisotopic (exact) mass is 245 g/mol. The largest absolute Gasteiger partial charge is 0.382 e. The number of nitrogens with one attached hydrogen (secondary N) is 2. The second-order valence-electron chi connectivity index (χ2n) is 4.06. The first-order chi connectivity index (χ1) is 8.47. The zero-order valence-electron chi connectivity index (χ0n) is 11.2. The normalized spacial score (nSPS) is 12.4. The lowest BCUT2D eigenvalue weighted by Gasteiger charge is -2.11. The molecule has 0 unspecified atom stereocenters. The maximum absolute atomic E-state index is 7.96. The molecule has 0 aliphatic carbocycles. The van der Waals surface area contributed by atoms with E-state index in [-0.39, 0.29) is 11.7 Å². The summed E-state index contributed by atoms with van der Waals surface area (Å²) in [6.45, 7) is 4.02. The van der Waals surface area contributed by atoms with Gasteiger partial charge in [-0.05, 0) is 37.1 Å². The summed E-state index contributed by atoms with van der Waals surface area (Å²) < 4.78 is 0. The number of rotatable bonds is 3. The van der Waals surface area contributed by atoms with Crippen LogP contribution in [-0.2, 0) is 0 Å². The van der Waals surface area contributed by atoms with E-state index in [0.717, 1.165) is 16.8 Å². The van der Waals surface area contributed by atoms with Gasteiger partial charge in [-0.1, -0.05) is 6.07 Å². The molecule has 0 heterocycles. The van der Waals surface area contributed by atoms with Crippen molar-refractivity contribution in [1.29, 1.82) is 5.41 Å². The third-order valence-electron chi connectivity index (χ3n) is 2.43. The van der Waals surface area contributed by atoms with Crippen molar-refractivity contribution < 1.29 is 0 Å². The van der Waals surface area contributed by atoms with Crippen molar-refractivity contribution >= 4 is 23.1 Å². The Labute approximate surface area is 107 Å². The van der Waals surface area contributed by atoms with E-state index in [0.29, 0.717) is 5.71 Å². The maximum Gasteiger partial charge on any atom is 0.152 e. The summed E-state index contributed by atoms with van der Waals surface area (Å²) in [6, 6.07) is 6.01. The molecule has 1 aromatic rings. The van der Waals surface area contributed by atoms with E-state index in [1.54, 1.807) is 14.1 Å². The van der Waals surface area contributed by atoms with Crippen LogP contribution in [0.1, 0.15) is 11.1 Å². The number of hydrogen-bond donors (Lipinski definition) is 3. The summed E-state index contributed by atoms with van der Waals surface area (Å²) in [5, 5.41) is 10.9. The van der Waals surface area contributed by atoms with Crippen molar-refractivity contribution in [2.24, 2.45) is 15.7 Å². The van der Waals surface area contributed by atoms with Crippen LogP contribution in [0.5, 0.6) is 0 Å². The van der Waals surface area contributed by atoms with Gasteiger partial charge in [0.1, 0.15) is 11.5 Å². The summed E-state index contributed by atoms with van der Waals surface area (Å²) in [6.07, 6.45) is 0. The summed E-state index contributed by atoms with van der Waals surface area (Å²) in [5.74, 6) is 0.393. The molecule has 0 aliphatic rings. The molecular formula is C13H19N5. The van der Waals surface area contributed by atoms with Gasteiger partial charge in [-0.15, -0.1) is 0 Å². The highest BCUT2D eigenvalue weighted by Gasteiger charge is 2.10. The number of nitrogens with two attached hydrogens (primary N) is 1. The smallest absolute Gasteiger partial charge is 0.152 e. The fraction of sp³-hybridized carbons (Fsp3) is 0.308. The van der Waals surface area contributed by atoms with Crippen molar-refractivity contribution in [3.63, 3.8) is 0 Å². The Morgan fingerprint density at radius 1 is 1.11 bits per heavy atom. The topological polar surface area (TPSA) is 86.6 Å². The van der Waals surface area contributed by atoms with Crippen LogP contribution in [0.15, 0.2) is 28.2 Å². The van der Waals surface area contributed by atoms with E-state index in [4.69, 9.17) is 11.1 Å². The van der Waals surface area contributed by atoms with Gasteiger partial charge in [0.15, 0.2) is 5.84 Å². The molecule has 96 valence electrons. The molecule has 0 aliphatic heterocycles. The van der Waals surface area contributed by atoms with E-state index >= 15 is 0 Å². The van der Waals surface area contributed by atoms with Crippen LogP contribution < -0.4 is 11.1 Å². The molecule has 0 bridgehead atoms. The van der Waals surface area contributed by atoms with Gasteiger partial charge in [-0.2, -0.15) is 0 Å². The van der Waals surface area contributed by atoms with Gasteiger partial charge in [0.05, 0.1) is 0 Å². The highest BCUT2D eigenvalue weighted by Crippen LogP contribution is 2.13. The minimum atomic E-state index is 0.144. The standard InChI is InChI=1S/C13H19N5/c1-8-5-9(2)7-10(6-8)18-13(15)11(16-3)12(14)17-4/h5-7H,1-4H3,(H2,14,17)(H2,15,18)/b16-11+. The van der Waals surface area contributed by atoms with Crippen LogP contribution in [0, 0.1) is 19.3 Å². The number of benzene rings is 1. The molecule has 0 fully saturated rings. The number of anilines is 1. The highest BCUT2D eigenvalue weighted by atomic mass is 15.0. The molecule has 0 radical (unpaired) electrons. The lowest BCUT2D eigenvalue weighted by Crippen LogP contribution is -2.34. The maximum atomic E-state index is 7.96. The predicted molar refractivity (Wildman–Crippen MR) is 78.2 cm³/mol. The first kappa shape index (κ1) is 13.9. The first-order valence-corrected chi connectivity index (χ1v) is 5.61. The lowest BCUT2D eigenvalue weighted by atomic mass is 10.1. The number of hydrogen-bond acceptors (Lipinski definition) is 3. The summed E-state index contributed by atoms with van der Waals surface area (Å²) in [4.78, 5) is 7.81. The number of aliphatic imine (C=N–C) groups is 2. The van der Waals surface area contributed by atoms with Crippen LogP contribution >= 0.6 is 0 Å². The molecular weight excluding hydrogens is 226 g/mol. The van der Waals surface area contributed by atoms with Crippen molar-refractivity contribution in [2.45, 2.75) is 13.8 Å². The third kappa shape index (κ3) is 3.41. The van der Waals surface area contributed by atoms with Gasteiger partial charge >= 0.3 is 0 Å². The van der Waals surface area contributed by atoms with Crippen LogP contribution in [0.25, 0.3) is 0 Å². The predicted octanol–water partition coefficient (Wildman–Crippen LogP) is 1.75. The zero-order chi connectivity index (χ0) is 13.7. The van der Waals surface area contributed by atoms with Crippen LogP contribution in [0.2, 0.25) is 0 Å². The summed E-state index contributed by atoms with van der Waals surface area (Å²) in [5.41, 5.74) is 9.16. The van der Waals surface area contributed by atoms with Gasteiger partial charge in [-0.3, -0.25) is 15.4 Å². The van der Waals surface area contributed by atoms with E-state index in [9.17, 15) is 0 Å². The Kier molecular flexibility index (Phi) is 4.59. The third-order valence-corrected chi connectivity index (χ3v) is 2.43. The minimum absolute atomic E-state index is 0.144. The Morgan fingerprint density at radius 2 is 1.67 bits per heavy atom. The second kappa shape index (κ2) is 5.95. The molecule has 0 spiro atoms. The van der Waals surface area contributed by atoms with E-state index in [1.165, 1.54) is 0 Å². The Bertz CT molecular complexity index is 494. The fourth-order valence-electron chi connectivity index (χ4n) is 1.71. The van der Waals surface area contributed by atoms with E-state index in [1.807, 2.05) is 26.0 Å². The van der Waals surface area contributed by atoms with Gasteiger partial charge in [0.2, 0.25) is 0 Å². The first-order valence-electron chi connectivity index (χ1n) is 5.61. The molecule has 5 nitrogen and oxygen atoms in total. The highest BCUT2D eigenvalue weighted by molar-refractivity contribution is 6.68. The Morgan fingerprint density at radius 3 is 2.11 bits per heavy atom. The molecule has 1 aromatic carbocycles. The lowest BCUT2D eigenvalue weighted by molar-refractivity contribution is 1.37.